The number of hydrogen-bond acceptors (Lipinski definition) is 0. The second-order valence-corrected chi connectivity index (χ2v) is 8.82. The van der Waals surface area contributed by atoms with Crippen molar-refractivity contribution in [3.05, 3.63) is 0 Å². The average Bonchev–Trinajstić information content (AvgIpc) is 2.61. The van der Waals surface area contributed by atoms with Gasteiger partial charge < -0.3 is 0 Å². The fraction of sp³-hybridized carbons (Fsp3) is 1.00. The van der Waals surface area contributed by atoms with Crippen LogP contribution in [-0.2, 0) is 0 Å². The lowest BCUT2D eigenvalue weighted by Crippen LogP contribution is -2.07. The first-order valence-corrected chi connectivity index (χ1v) is 12.2. The summed E-state index contributed by atoms with van der Waals surface area (Å²) in [5.41, 5.74) is 0. The van der Waals surface area contributed by atoms with Crippen molar-refractivity contribution in [1.29, 1.82) is 0 Å². The van der Waals surface area contributed by atoms with Gasteiger partial charge in [-0.2, -0.15) is 0 Å². The van der Waals surface area contributed by atoms with Gasteiger partial charge in [0.05, 0.1) is 0 Å². The first-order valence-electron chi connectivity index (χ1n) is 12.2. The van der Waals surface area contributed by atoms with Crippen molar-refractivity contribution in [2.24, 2.45) is 11.8 Å². The third-order valence-corrected chi connectivity index (χ3v) is 5.97. The summed E-state index contributed by atoms with van der Waals surface area (Å²) in [6.45, 7) is 9.48. The highest BCUT2D eigenvalue weighted by molar-refractivity contribution is 4.66. The largest absolute Gasteiger partial charge is 0.0654 e. The molecule has 25 heavy (non-hydrogen) atoms. The topological polar surface area (TPSA) is 0 Å². The van der Waals surface area contributed by atoms with Crippen LogP contribution >= 0.6 is 0 Å². The van der Waals surface area contributed by atoms with E-state index in [9.17, 15) is 0 Å². The zero-order chi connectivity index (χ0) is 18.6. The summed E-state index contributed by atoms with van der Waals surface area (Å²) in [4.78, 5) is 0. The van der Waals surface area contributed by atoms with Gasteiger partial charge in [-0.3, -0.25) is 0 Å². The summed E-state index contributed by atoms with van der Waals surface area (Å²) in [6, 6.07) is 0. The molecule has 0 aliphatic rings. The predicted molar refractivity (Wildman–Crippen MR) is 117 cm³/mol. The summed E-state index contributed by atoms with van der Waals surface area (Å²) < 4.78 is 0. The molecular weight excluding hydrogens is 300 g/mol. The molecule has 0 aromatic rings. The van der Waals surface area contributed by atoms with Crippen LogP contribution in [0.5, 0.6) is 0 Å². The quantitative estimate of drug-likeness (QED) is 0.191. The van der Waals surface area contributed by atoms with Gasteiger partial charge in [0.25, 0.3) is 0 Å². The first-order chi connectivity index (χ1) is 12.2. The third-order valence-electron chi connectivity index (χ3n) is 5.97. The van der Waals surface area contributed by atoms with Gasteiger partial charge in [0.1, 0.15) is 0 Å². The van der Waals surface area contributed by atoms with E-state index in [0.717, 1.165) is 11.8 Å². The van der Waals surface area contributed by atoms with E-state index in [4.69, 9.17) is 0 Å². The van der Waals surface area contributed by atoms with E-state index in [-0.39, 0.29) is 0 Å². The van der Waals surface area contributed by atoms with Gasteiger partial charge >= 0.3 is 0 Å². The Morgan fingerprint density at radius 1 is 0.440 bits per heavy atom. The van der Waals surface area contributed by atoms with Crippen molar-refractivity contribution in [1.82, 2.24) is 0 Å². The molecule has 0 fully saturated rings. The van der Waals surface area contributed by atoms with Crippen LogP contribution in [0, 0.1) is 11.8 Å². The molecule has 0 heterocycles. The van der Waals surface area contributed by atoms with E-state index < -0.39 is 0 Å². The van der Waals surface area contributed by atoms with Gasteiger partial charge in [-0.05, 0) is 18.3 Å². The summed E-state index contributed by atoms with van der Waals surface area (Å²) in [6.07, 6.45) is 27.7. The molecule has 152 valence electrons. The molecule has 0 rings (SSSR count). The van der Waals surface area contributed by atoms with Crippen LogP contribution in [0.1, 0.15) is 150 Å². The maximum absolute atomic E-state index is 2.53. The average molecular weight is 353 g/mol. The van der Waals surface area contributed by atoms with E-state index in [1.807, 2.05) is 0 Å². The summed E-state index contributed by atoms with van der Waals surface area (Å²) in [7, 11) is 0. The second kappa shape index (κ2) is 20.3. The minimum Gasteiger partial charge on any atom is -0.0654 e. The zero-order valence-electron chi connectivity index (χ0n) is 18.6. The highest BCUT2D eigenvalue weighted by Gasteiger charge is 2.13. The molecule has 0 aromatic carbocycles. The fourth-order valence-electron chi connectivity index (χ4n) is 4.24. The van der Waals surface area contributed by atoms with E-state index in [0.29, 0.717) is 0 Å². The van der Waals surface area contributed by atoms with Crippen LogP contribution in [0.15, 0.2) is 0 Å². The normalized spacial score (nSPS) is 12.8. The molecule has 0 spiro atoms. The van der Waals surface area contributed by atoms with Gasteiger partial charge in [-0.1, -0.05) is 143 Å². The lowest BCUT2D eigenvalue weighted by molar-refractivity contribution is 0.313. The van der Waals surface area contributed by atoms with Crippen LogP contribution in [-0.4, -0.2) is 0 Å². The Kier molecular flexibility index (Phi) is 20.3. The van der Waals surface area contributed by atoms with Crippen LogP contribution in [0.25, 0.3) is 0 Å². The van der Waals surface area contributed by atoms with Crippen LogP contribution in [0.3, 0.4) is 0 Å². The molecule has 1 atom stereocenters. The van der Waals surface area contributed by atoms with Gasteiger partial charge in [-0.15, -0.1) is 0 Å². The molecule has 0 N–H and O–H groups in total. The molecule has 0 saturated carbocycles. The molecule has 0 radical (unpaired) electrons. The second-order valence-electron chi connectivity index (χ2n) is 8.82. The molecule has 0 aliphatic heterocycles. The van der Waals surface area contributed by atoms with Crippen LogP contribution < -0.4 is 0 Å². The molecule has 1 unspecified atom stereocenters. The summed E-state index contributed by atoms with van der Waals surface area (Å²) in [5, 5.41) is 0. The van der Waals surface area contributed by atoms with Crippen molar-refractivity contribution in [3.63, 3.8) is 0 Å². The van der Waals surface area contributed by atoms with Gasteiger partial charge in [0.2, 0.25) is 0 Å². The van der Waals surface area contributed by atoms with Crippen molar-refractivity contribution in [2.75, 3.05) is 0 Å². The zero-order valence-corrected chi connectivity index (χ0v) is 18.6. The van der Waals surface area contributed by atoms with E-state index in [2.05, 4.69) is 27.7 Å². The lowest BCUT2D eigenvalue weighted by atomic mass is 9.85. The molecule has 0 aliphatic carbocycles. The van der Waals surface area contributed by atoms with Crippen molar-refractivity contribution >= 4 is 0 Å². The van der Waals surface area contributed by atoms with Gasteiger partial charge in [-0.25, -0.2) is 0 Å². The Labute approximate surface area is 161 Å². The first kappa shape index (κ1) is 25.0. The SMILES string of the molecule is CCCCCCCC(C)CC(CCCCCCC)CCCCCCC. The Bertz CT molecular complexity index is 218. The highest BCUT2D eigenvalue weighted by atomic mass is 14.2. The van der Waals surface area contributed by atoms with Gasteiger partial charge in [0, 0.05) is 0 Å². The maximum Gasteiger partial charge on any atom is -0.0412 e. The molecule has 0 heteroatoms. The molecular formula is C25H52. The minimum atomic E-state index is 0.956. The van der Waals surface area contributed by atoms with E-state index in [1.54, 1.807) is 0 Å². The van der Waals surface area contributed by atoms with E-state index >= 15 is 0 Å². The van der Waals surface area contributed by atoms with Crippen LogP contribution in [0.2, 0.25) is 0 Å². The summed E-state index contributed by atoms with van der Waals surface area (Å²) in [5.74, 6) is 1.98. The molecule has 0 bridgehead atoms. The van der Waals surface area contributed by atoms with Crippen LogP contribution in [0.4, 0.5) is 0 Å². The Hall–Kier alpha value is 0. The standard InChI is InChI=1S/C25H52/c1-5-8-11-14-17-20-24(4)23-25(21-18-15-12-9-6-2)22-19-16-13-10-7-3/h24-25H,5-23H2,1-4H3. The predicted octanol–water partition coefficient (Wildman–Crippen LogP) is 9.71. The van der Waals surface area contributed by atoms with Crippen molar-refractivity contribution in [3.8, 4) is 0 Å². The Morgan fingerprint density at radius 2 is 0.800 bits per heavy atom. The minimum absolute atomic E-state index is 0.956. The molecule has 0 amide bonds. The molecule has 0 nitrogen and oxygen atoms in total. The maximum atomic E-state index is 2.53. The number of hydrogen-bond donors (Lipinski definition) is 0. The van der Waals surface area contributed by atoms with Crippen molar-refractivity contribution < 1.29 is 0 Å². The van der Waals surface area contributed by atoms with Gasteiger partial charge in [0.15, 0.2) is 0 Å². The Balaban J connectivity index is 3.95. The monoisotopic (exact) mass is 352 g/mol. The summed E-state index contributed by atoms with van der Waals surface area (Å²) >= 11 is 0. The lowest BCUT2D eigenvalue weighted by Gasteiger charge is -2.21. The highest BCUT2D eigenvalue weighted by Crippen LogP contribution is 2.27. The number of rotatable bonds is 20. The number of unbranched alkanes of at least 4 members (excludes halogenated alkanes) is 12. The third kappa shape index (κ3) is 18.6. The van der Waals surface area contributed by atoms with E-state index in [1.165, 1.54) is 122 Å². The molecule has 0 saturated heterocycles. The molecule has 0 aromatic heterocycles. The Morgan fingerprint density at radius 3 is 1.20 bits per heavy atom. The van der Waals surface area contributed by atoms with Crippen molar-refractivity contribution in [2.45, 2.75) is 150 Å². The smallest absolute Gasteiger partial charge is 0.0412 e. The fourth-order valence-corrected chi connectivity index (χ4v) is 4.24.